The van der Waals surface area contributed by atoms with Crippen molar-refractivity contribution in [2.24, 2.45) is 12.5 Å². The Morgan fingerprint density at radius 3 is 2.15 bits per heavy atom. The molecule has 3 aromatic rings. The summed E-state index contributed by atoms with van der Waals surface area (Å²) < 4.78 is 95.5. The largest absolute Gasteiger partial charge is 0.417 e. The van der Waals surface area contributed by atoms with Gasteiger partial charge in [-0.15, -0.1) is 10.2 Å². The lowest BCUT2D eigenvalue weighted by Gasteiger charge is -2.52. The molecule has 3 saturated carbocycles. The van der Waals surface area contributed by atoms with Crippen molar-refractivity contribution in [2.45, 2.75) is 62.8 Å². The van der Waals surface area contributed by atoms with Gasteiger partial charge >= 0.3 is 18.4 Å². The van der Waals surface area contributed by atoms with Crippen molar-refractivity contribution in [2.75, 3.05) is 6.54 Å². The average molecular weight is 584 g/mol. The van der Waals surface area contributed by atoms with Gasteiger partial charge in [-0.2, -0.15) is 26.3 Å². The first-order chi connectivity index (χ1) is 19.2. The van der Waals surface area contributed by atoms with E-state index in [1.807, 2.05) is 0 Å². The summed E-state index contributed by atoms with van der Waals surface area (Å²) in [6.45, 7) is -0.0868. The zero-order chi connectivity index (χ0) is 29.6. The Kier molecular flexibility index (Phi) is 7.27. The van der Waals surface area contributed by atoms with Gasteiger partial charge in [-0.3, -0.25) is 0 Å². The van der Waals surface area contributed by atoms with Gasteiger partial charge in [-0.1, -0.05) is 24.3 Å². The van der Waals surface area contributed by atoms with Gasteiger partial charge in [0.2, 0.25) is 0 Å². The number of nitrogens with zero attached hydrogens (tertiary/aromatic N) is 3. The number of urea groups is 1. The van der Waals surface area contributed by atoms with Crippen molar-refractivity contribution >= 4 is 6.03 Å². The summed E-state index contributed by atoms with van der Waals surface area (Å²) in [7, 11) is 1.68. The number of benzene rings is 2. The maximum atomic E-state index is 13.6. The molecular weight excluding hydrogens is 555 g/mol. The highest BCUT2D eigenvalue weighted by Gasteiger charge is 2.51. The van der Waals surface area contributed by atoms with Crippen LogP contribution in [0.3, 0.4) is 0 Å². The van der Waals surface area contributed by atoms with E-state index in [1.54, 1.807) is 11.6 Å². The predicted molar refractivity (Wildman–Crippen MR) is 135 cm³/mol. The molecule has 2 aromatic carbocycles. The number of hydrogen-bond acceptors (Lipinski definition) is 3. The average Bonchev–Trinajstić information content (AvgIpc) is 3.33. The third kappa shape index (κ3) is 5.62. The lowest BCUT2D eigenvalue weighted by molar-refractivity contribution is -0.138. The van der Waals surface area contributed by atoms with E-state index in [0.29, 0.717) is 37.7 Å². The molecule has 13 heteroatoms. The van der Waals surface area contributed by atoms with E-state index in [9.17, 15) is 35.5 Å². The molecule has 0 aliphatic heterocycles. The fourth-order valence-corrected chi connectivity index (χ4v) is 6.29. The fraction of sp³-hybridized carbons (Fsp3) is 0.464. The van der Waals surface area contributed by atoms with Crippen molar-refractivity contribution in [3.63, 3.8) is 0 Å². The van der Waals surface area contributed by atoms with Crippen molar-refractivity contribution in [1.29, 1.82) is 0 Å². The number of nitrogens with one attached hydrogen (secondary N) is 2. The van der Waals surface area contributed by atoms with Gasteiger partial charge in [0.05, 0.1) is 11.1 Å². The number of carbonyl (C=O) groups is 1. The zero-order valence-corrected chi connectivity index (χ0v) is 22.1. The standard InChI is InChI=1S/C28H28F7N5O/c1-40-22(19-4-2-3-5-20(19)27(30,31)32)38-39-23(40)26-11-8-25(9-12-26,10-13-26)16-37-24(41)36-15-17-6-7-18(29)14-21(17)28(33,34)35/h2-7,14H,8-13,15-16H2,1H3,(H2,36,37,41). The fourth-order valence-electron chi connectivity index (χ4n) is 6.29. The Morgan fingerprint density at radius 2 is 1.51 bits per heavy atom. The Bertz CT molecular complexity index is 1420. The quantitative estimate of drug-likeness (QED) is 0.316. The number of amides is 2. The monoisotopic (exact) mass is 583 g/mol. The normalized spacial score (nSPS) is 22.5. The van der Waals surface area contributed by atoms with Crippen molar-refractivity contribution in [3.05, 3.63) is 70.8 Å². The molecule has 3 fully saturated rings. The van der Waals surface area contributed by atoms with Gasteiger partial charge in [0.1, 0.15) is 11.6 Å². The van der Waals surface area contributed by atoms with Crippen LogP contribution in [0.4, 0.5) is 35.5 Å². The van der Waals surface area contributed by atoms with Crippen LogP contribution in [0.25, 0.3) is 11.4 Å². The number of aromatic nitrogens is 3. The first-order valence-corrected chi connectivity index (χ1v) is 13.2. The van der Waals surface area contributed by atoms with Gasteiger partial charge in [0.25, 0.3) is 0 Å². The van der Waals surface area contributed by atoms with E-state index >= 15 is 0 Å². The molecule has 220 valence electrons. The van der Waals surface area contributed by atoms with Crippen LogP contribution in [-0.2, 0) is 31.4 Å². The highest BCUT2D eigenvalue weighted by atomic mass is 19.4. The summed E-state index contributed by atoms with van der Waals surface area (Å²) in [5.74, 6) is -0.222. The lowest BCUT2D eigenvalue weighted by atomic mass is 9.53. The molecule has 2 bridgehead atoms. The topological polar surface area (TPSA) is 71.8 Å². The minimum atomic E-state index is -4.75. The smallest absolute Gasteiger partial charge is 0.338 e. The van der Waals surface area contributed by atoms with Gasteiger partial charge < -0.3 is 15.2 Å². The molecule has 1 heterocycles. The molecule has 2 N–H and O–H groups in total. The van der Waals surface area contributed by atoms with E-state index < -0.39 is 41.9 Å². The summed E-state index contributed by atoms with van der Waals surface area (Å²) in [5.41, 5.74) is -2.72. The Labute approximate surface area is 231 Å². The Morgan fingerprint density at radius 1 is 0.878 bits per heavy atom. The van der Waals surface area contributed by atoms with Crippen LogP contribution in [0.2, 0.25) is 0 Å². The third-order valence-electron chi connectivity index (χ3n) is 8.66. The van der Waals surface area contributed by atoms with E-state index in [4.69, 9.17) is 0 Å². The van der Waals surface area contributed by atoms with Crippen LogP contribution in [0.15, 0.2) is 42.5 Å². The Hall–Kier alpha value is -3.64. The summed E-state index contributed by atoms with van der Waals surface area (Å²) in [6, 6.07) is 6.96. The van der Waals surface area contributed by atoms with Crippen LogP contribution in [0.1, 0.15) is 61.0 Å². The van der Waals surface area contributed by atoms with Crippen LogP contribution in [0, 0.1) is 11.2 Å². The van der Waals surface area contributed by atoms with Crippen LogP contribution >= 0.6 is 0 Å². The van der Waals surface area contributed by atoms with Crippen molar-refractivity contribution < 1.29 is 35.5 Å². The number of hydrogen-bond donors (Lipinski definition) is 2. The van der Waals surface area contributed by atoms with Crippen LogP contribution in [-0.4, -0.2) is 27.3 Å². The molecule has 3 aliphatic rings. The second kappa shape index (κ2) is 10.3. The second-order valence-corrected chi connectivity index (χ2v) is 11.1. The Balaban J connectivity index is 1.22. The second-order valence-electron chi connectivity index (χ2n) is 11.1. The molecule has 0 radical (unpaired) electrons. The molecule has 6 nitrogen and oxygen atoms in total. The number of rotatable bonds is 6. The maximum Gasteiger partial charge on any atom is 0.417 e. The molecule has 41 heavy (non-hydrogen) atoms. The highest BCUT2D eigenvalue weighted by molar-refractivity contribution is 5.74. The van der Waals surface area contributed by atoms with E-state index in [1.165, 1.54) is 18.2 Å². The highest BCUT2D eigenvalue weighted by Crippen LogP contribution is 2.57. The minimum absolute atomic E-state index is 0.0307. The summed E-state index contributed by atoms with van der Waals surface area (Å²) >= 11 is 0. The SMILES string of the molecule is Cn1c(-c2ccccc2C(F)(F)F)nnc1C12CCC(CNC(=O)NCc3ccc(F)cc3C(F)(F)F)(CC1)CC2. The third-order valence-corrected chi connectivity index (χ3v) is 8.66. The number of fused-ring (bicyclic) bond motifs is 3. The molecule has 1 aromatic heterocycles. The number of alkyl halides is 6. The van der Waals surface area contributed by atoms with Gasteiger partial charge in [-0.05, 0) is 67.7 Å². The molecule has 0 saturated heterocycles. The van der Waals surface area contributed by atoms with Gasteiger partial charge in [0.15, 0.2) is 5.82 Å². The minimum Gasteiger partial charge on any atom is -0.338 e. The maximum absolute atomic E-state index is 13.6. The summed E-state index contributed by atoms with van der Waals surface area (Å²) in [6.07, 6.45) is -4.92. The van der Waals surface area contributed by atoms with E-state index in [2.05, 4.69) is 20.8 Å². The van der Waals surface area contributed by atoms with Gasteiger partial charge in [0, 0.05) is 31.1 Å². The molecule has 2 amide bonds. The zero-order valence-electron chi connectivity index (χ0n) is 22.1. The molecule has 6 rings (SSSR count). The van der Waals surface area contributed by atoms with Crippen molar-refractivity contribution in [3.8, 4) is 11.4 Å². The first-order valence-electron chi connectivity index (χ1n) is 13.2. The first kappa shape index (κ1) is 28.9. The lowest BCUT2D eigenvalue weighted by Crippen LogP contribution is -2.51. The van der Waals surface area contributed by atoms with Gasteiger partial charge in [-0.25, -0.2) is 9.18 Å². The molecular formula is C28H28F7N5O. The van der Waals surface area contributed by atoms with Crippen molar-refractivity contribution in [1.82, 2.24) is 25.4 Å². The van der Waals surface area contributed by atoms with E-state index in [-0.39, 0.29) is 27.8 Å². The predicted octanol–water partition coefficient (Wildman–Crippen LogP) is 6.75. The van der Waals surface area contributed by atoms with Crippen LogP contribution < -0.4 is 10.6 Å². The summed E-state index contributed by atoms with van der Waals surface area (Å²) in [5, 5.41) is 13.7. The van der Waals surface area contributed by atoms with Crippen LogP contribution in [0.5, 0.6) is 0 Å². The molecule has 0 unspecified atom stereocenters. The number of halogens is 7. The molecule has 3 aliphatic carbocycles. The molecule has 0 spiro atoms. The number of carbonyl (C=O) groups excluding carboxylic acids is 1. The van der Waals surface area contributed by atoms with E-state index in [0.717, 1.165) is 37.5 Å². The molecule has 0 atom stereocenters. The summed E-state index contributed by atoms with van der Waals surface area (Å²) in [4.78, 5) is 12.4.